The summed E-state index contributed by atoms with van der Waals surface area (Å²) in [6.45, 7) is 2.36. The minimum Gasteiger partial charge on any atom is -0.336 e. The van der Waals surface area contributed by atoms with Crippen LogP contribution in [0.1, 0.15) is 77.6 Å². The molecule has 4 aliphatic rings. The van der Waals surface area contributed by atoms with E-state index in [0.717, 1.165) is 18.8 Å². The lowest BCUT2D eigenvalue weighted by molar-refractivity contribution is -0.142. The van der Waals surface area contributed by atoms with Gasteiger partial charge in [0.25, 0.3) is 0 Å². The predicted octanol–water partition coefficient (Wildman–Crippen LogP) is 3.71. The number of hydrogen-bond donors (Lipinski definition) is 1. The van der Waals surface area contributed by atoms with Crippen molar-refractivity contribution < 1.29 is 4.79 Å². The van der Waals surface area contributed by atoms with Crippen LogP contribution >= 0.6 is 0 Å². The maximum atomic E-state index is 13.4. The van der Waals surface area contributed by atoms with Gasteiger partial charge in [0.2, 0.25) is 5.91 Å². The molecule has 2 bridgehead atoms. The number of hydrogen-bond acceptors (Lipinski definition) is 2. The molecule has 130 valence electrons. The summed E-state index contributed by atoms with van der Waals surface area (Å²) in [5, 5.41) is 0. The molecule has 4 fully saturated rings. The van der Waals surface area contributed by atoms with Crippen molar-refractivity contribution in [2.45, 2.75) is 95.7 Å². The molecule has 2 unspecified atom stereocenters. The molecular formula is C20H34N2O. The number of carbonyl (C=O) groups is 1. The first-order valence-electron chi connectivity index (χ1n) is 10.2. The molecule has 1 amide bonds. The summed E-state index contributed by atoms with van der Waals surface area (Å²) in [4.78, 5) is 15.8. The Bertz CT molecular complexity index is 425. The Morgan fingerprint density at radius 1 is 0.870 bits per heavy atom. The molecule has 4 saturated carbocycles. The highest BCUT2D eigenvalue weighted by molar-refractivity contribution is 5.80. The third-order valence-corrected chi connectivity index (χ3v) is 7.34. The van der Waals surface area contributed by atoms with Crippen molar-refractivity contribution in [3.05, 3.63) is 0 Å². The number of fused-ring (bicyclic) bond motifs is 2. The second-order valence-electron chi connectivity index (χ2n) is 9.09. The van der Waals surface area contributed by atoms with Crippen LogP contribution in [0.2, 0.25) is 0 Å². The first-order chi connectivity index (χ1) is 11.1. The Morgan fingerprint density at radius 2 is 1.39 bits per heavy atom. The molecule has 0 aromatic carbocycles. The zero-order valence-electron chi connectivity index (χ0n) is 14.8. The lowest BCUT2D eigenvalue weighted by Gasteiger charge is -2.46. The largest absolute Gasteiger partial charge is 0.336 e. The standard InChI is InChI=1S/C20H34N2O/c1-13-5-7-17(8-6-13)22(18-9-10-18)20(23)16-11-14-3-2-4-15(12-16)19(14)21/h13-19H,2-12,21H2,1H3. The monoisotopic (exact) mass is 318 g/mol. The fraction of sp³-hybridized carbons (Fsp3) is 0.950. The minimum absolute atomic E-state index is 0.282. The zero-order valence-corrected chi connectivity index (χ0v) is 14.8. The van der Waals surface area contributed by atoms with E-state index in [2.05, 4.69) is 11.8 Å². The van der Waals surface area contributed by atoms with Gasteiger partial charge in [-0.1, -0.05) is 13.3 Å². The van der Waals surface area contributed by atoms with Gasteiger partial charge in [-0.2, -0.15) is 0 Å². The zero-order chi connectivity index (χ0) is 16.0. The van der Waals surface area contributed by atoms with E-state index in [-0.39, 0.29) is 5.92 Å². The number of nitrogens with two attached hydrogens (primary N) is 1. The molecule has 3 nitrogen and oxygen atoms in total. The van der Waals surface area contributed by atoms with Gasteiger partial charge in [-0.3, -0.25) is 4.79 Å². The van der Waals surface area contributed by atoms with E-state index >= 15 is 0 Å². The van der Waals surface area contributed by atoms with E-state index in [9.17, 15) is 4.79 Å². The molecular weight excluding hydrogens is 284 g/mol. The van der Waals surface area contributed by atoms with Crippen molar-refractivity contribution in [1.82, 2.24) is 4.90 Å². The molecule has 4 aliphatic carbocycles. The van der Waals surface area contributed by atoms with Crippen molar-refractivity contribution in [3.8, 4) is 0 Å². The average Bonchev–Trinajstić information content (AvgIpc) is 3.34. The maximum absolute atomic E-state index is 13.4. The first kappa shape index (κ1) is 15.9. The van der Waals surface area contributed by atoms with Gasteiger partial charge in [0.15, 0.2) is 0 Å². The van der Waals surface area contributed by atoms with Gasteiger partial charge >= 0.3 is 0 Å². The van der Waals surface area contributed by atoms with Crippen LogP contribution in [0.25, 0.3) is 0 Å². The van der Waals surface area contributed by atoms with Crippen molar-refractivity contribution in [2.24, 2.45) is 29.4 Å². The van der Waals surface area contributed by atoms with Crippen molar-refractivity contribution in [2.75, 3.05) is 0 Å². The first-order valence-corrected chi connectivity index (χ1v) is 10.2. The van der Waals surface area contributed by atoms with Gasteiger partial charge in [0, 0.05) is 24.0 Å². The molecule has 0 aromatic heterocycles. The maximum Gasteiger partial charge on any atom is 0.226 e. The Morgan fingerprint density at radius 3 is 1.91 bits per heavy atom. The average molecular weight is 319 g/mol. The summed E-state index contributed by atoms with van der Waals surface area (Å²) < 4.78 is 0. The Hall–Kier alpha value is -0.570. The molecule has 2 N–H and O–H groups in total. The smallest absolute Gasteiger partial charge is 0.226 e. The van der Waals surface area contributed by atoms with E-state index < -0.39 is 0 Å². The van der Waals surface area contributed by atoms with Crippen LogP contribution in [-0.2, 0) is 4.79 Å². The minimum atomic E-state index is 0.282. The van der Waals surface area contributed by atoms with E-state index in [0.29, 0.717) is 35.9 Å². The Labute approximate surface area is 141 Å². The Kier molecular flexibility index (Phi) is 4.42. The van der Waals surface area contributed by atoms with Crippen LogP contribution in [0.4, 0.5) is 0 Å². The Balaban J connectivity index is 1.45. The third kappa shape index (κ3) is 3.18. The SMILES string of the molecule is CC1CCC(N(C(=O)C2CC3CCCC(C2)C3N)C2CC2)CC1. The molecule has 0 saturated heterocycles. The van der Waals surface area contributed by atoms with Gasteiger partial charge in [-0.25, -0.2) is 0 Å². The number of carbonyl (C=O) groups excluding carboxylic acids is 1. The topological polar surface area (TPSA) is 46.3 Å². The molecule has 3 heteroatoms. The summed E-state index contributed by atoms with van der Waals surface area (Å²) in [6.07, 6.45) is 13.6. The normalized spacial score (nSPS) is 43.9. The third-order valence-electron chi connectivity index (χ3n) is 7.34. The second-order valence-corrected chi connectivity index (χ2v) is 9.09. The summed E-state index contributed by atoms with van der Waals surface area (Å²) in [7, 11) is 0. The highest BCUT2D eigenvalue weighted by atomic mass is 16.2. The second kappa shape index (κ2) is 6.38. The van der Waals surface area contributed by atoms with Crippen molar-refractivity contribution in [1.29, 1.82) is 0 Å². The lowest BCUT2D eigenvalue weighted by atomic mass is 9.64. The number of rotatable bonds is 3. The number of amides is 1. The number of nitrogens with zero attached hydrogens (tertiary/aromatic N) is 1. The highest BCUT2D eigenvalue weighted by Crippen LogP contribution is 2.44. The van der Waals surface area contributed by atoms with Gasteiger partial charge < -0.3 is 10.6 Å². The molecule has 0 radical (unpaired) electrons. The van der Waals surface area contributed by atoms with Crippen LogP contribution < -0.4 is 5.73 Å². The summed E-state index contributed by atoms with van der Waals surface area (Å²) in [5.41, 5.74) is 6.43. The van der Waals surface area contributed by atoms with Gasteiger partial charge in [-0.05, 0) is 82.0 Å². The molecule has 0 aromatic rings. The molecule has 0 aliphatic heterocycles. The van der Waals surface area contributed by atoms with Crippen molar-refractivity contribution >= 4 is 5.91 Å². The summed E-state index contributed by atoms with van der Waals surface area (Å²) in [5.74, 6) is 2.88. The quantitative estimate of drug-likeness (QED) is 0.862. The van der Waals surface area contributed by atoms with E-state index in [1.807, 2.05) is 0 Å². The van der Waals surface area contributed by atoms with Gasteiger partial charge in [0.05, 0.1) is 0 Å². The van der Waals surface area contributed by atoms with E-state index in [4.69, 9.17) is 5.73 Å². The molecule has 2 atom stereocenters. The van der Waals surface area contributed by atoms with Crippen LogP contribution in [0, 0.1) is 23.7 Å². The van der Waals surface area contributed by atoms with E-state index in [1.54, 1.807) is 0 Å². The highest BCUT2D eigenvalue weighted by Gasteiger charge is 2.45. The van der Waals surface area contributed by atoms with Crippen molar-refractivity contribution in [3.63, 3.8) is 0 Å². The van der Waals surface area contributed by atoms with Crippen LogP contribution in [0.15, 0.2) is 0 Å². The van der Waals surface area contributed by atoms with E-state index in [1.165, 1.54) is 57.8 Å². The molecule has 0 heterocycles. The molecule has 4 rings (SSSR count). The van der Waals surface area contributed by atoms with Crippen LogP contribution in [-0.4, -0.2) is 28.9 Å². The van der Waals surface area contributed by atoms with Gasteiger partial charge in [0.1, 0.15) is 0 Å². The predicted molar refractivity (Wildman–Crippen MR) is 92.8 cm³/mol. The summed E-state index contributed by atoms with van der Waals surface area (Å²) >= 11 is 0. The lowest BCUT2D eigenvalue weighted by Crippen LogP contribution is -2.52. The van der Waals surface area contributed by atoms with Gasteiger partial charge in [-0.15, -0.1) is 0 Å². The molecule has 0 spiro atoms. The molecule has 23 heavy (non-hydrogen) atoms. The summed E-state index contributed by atoms with van der Waals surface area (Å²) in [6, 6.07) is 1.50. The fourth-order valence-electron chi connectivity index (χ4n) is 5.73. The van der Waals surface area contributed by atoms with Crippen LogP contribution in [0.5, 0.6) is 0 Å². The fourth-order valence-corrected chi connectivity index (χ4v) is 5.73. The van der Waals surface area contributed by atoms with Crippen LogP contribution in [0.3, 0.4) is 0 Å².